The largest absolute Gasteiger partial charge is 0.410 e. The van der Waals surface area contributed by atoms with Crippen LogP contribution in [0, 0.1) is 0 Å². The van der Waals surface area contributed by atoms with E-state index in [2.05, 4.69) is 78.6 Å². The summed E-state index contributed by atoms with van der Waals surface area (Å²) in [5.74, 6) is 0. The molecule has 156 valence electrons. The minimum Gasteiger partial charge on any atom is -0.410 e. The van der Waals surface area contributed by atoms with Crippen LogP contribution >= 0.6 is 0 Å². The molecule has 4 atom stereocenters. The minimum absolute atomic E-state index is 0.101. The summed E-state index contributed by atoms with van der Waals surface area (Å²) in [6, 6.07) is 0. The van der Waals surface area contributed by atoms with Crippen LogP contribution in [-0.4, -0.2) is 64.5 Å². The quantitative estimate of drug-likeness (QED) is 0.507. The first-order valence-corrected chi connectivity index (χ1v) is 23.3. The van der Waals surface area contributed by atoms with Crippen molar-refractivity contribution in [1.82, 2.24) is 0 Å². The normalized spacial score (nSPS) is 29.1. The van der Waals surface area contributed by atoms with Crippen LogP contribution in [0.4, 0.5) is 0 Å². The number of rotatable bonds is 8. The van der Waals surface area contributed by atoms with Crippen molar-refractivity contribution < 1.29 is 22.4 Å². The summed E-state index contributed by atoms with van der Waals surface area (Å²) in [5.41, 5.74) is 0. The molecule has 0 spiro atoms. The smallest absolute Gasteiger partial charge is 0.187 e. The Balaban J connectivity index is 3.20. The zero-order valence-corrected chi connectivity index (χ0v) is 23.1. The second-order valence-electron chi connectivity index (χ2n) is 11.1. The van der Waals surface area contributed by atoms with Crippen LogP contribution < -0.4 is 0 Å². The second-order valence-corrected chi connectivity index (χ2v) is 28.9. The third kappa shape index (κ3) is 9.74. The minimum atomic E-state index is -1.82. The van der Waals surface area contributed by atoms with Crippen molar-refractivity contribution in [2.75, 3.05) is 6.61 Å². The van der Waals surface area contributed by atoms with Crippen LogP contribution in [-0.2, 0) is 22.4 Å². The van der Waals surface area contributed by atoms with Gasteiger partial charge in [0, 0.05) is 0 Å². The summed E-state index contributed by atoms with van der Waals surface area (Å²) in [5, 5.41) is 0. The van der Waals surface area contributed by atoms with Gasteiger partial charge in [-0.2, -0.15) is 0 Å². The summed E-state index contributed by atoms with van der Waals surface area (Å²) in [7, 11) is -7.14. The van der Waals surface area contributed by atoms with E-state index in [4.69, 9.17) is 22.4 Å². The van der Waals surface area contributed by atoms with E-state index >= 15 is 0 Å². The zero-order valence-electron chi connectivity index (χ0n) is 19.1. The predicted molar refractivity (Wildman–Crippen MR) is 119 cm³/mol. The first-order valence-electron chi connectivity index (χ1n) is 9.69. The van der Waals surface area contributed by atoms with Gasteiger partial charge in [0.1, 0.15) is 12.2 Å². The molecular formula is C17H42O5Si4. The molecule has 5 nitrogen and oxygen atoms in total. The third-order valence-corrected chi connectivity index (χ3v) is 7.24. The molecule has 0 bridgehead atoms. The first kappa shape index (κ1) is 24.7. The first-order chi connectivity index (χ1) is 11.4. The van der Waals surface area contributed by atoms with Gasteiger partial charge in [0.15, 0.2) is 39.6 Å². The third-order valence-electron chi connectivity index (χ3n) is 3.34. The van der Waals surface area contributed by atoms with Crippen LogP contribution in [0.1, 0.15) is 0 Å². The van der Waals surface area contributed by atoms with E-state index in [1.54, 1.807) is 0 Å². The lowest BCUT2D eigenvalue weighted by Crippen LogP contribution is -2.63. The lowest BCUT2D eigenvalue weighted by molar-refractivity contribution is -0.232. The summed E-state index contributed by atoms with van der Waals surface area (Å²) in [6.45, 7) is 26.9. The maximum atomic E-state index is 6.63. The molecule has 0 aliphatic carbocycles. The Kier molecular flexibility index (Phi) is 8.15. The van der Waals surface area contributed by atoms with Gasteiger partial charge < -0.3 is 22.4 Å². The molecule has 2 unspecified atom stereocenters. The van der Waals surface area contributed by atoms with Gasteiger partial charge in [-0.15, -0.1) is 0 Å². The molecule has 0 aromatic rings. The topological polar surface area (TPSA) is 46.2 Å². The molecule has 0 radical (unpaired) electrons. The molecule has 1 heterocycles. The molecule has 0 N–H and O–H groups in total. The van der Waals surface area contributed by atoms with Gasteiger partial charge in [-0.25, -0.2) is 0 Å². The molecule has 1 aliphatic heterocycles. The fourth-order valence-corrected chi connectivity index (χ4v) is 7.01. The monoisotopic (exact) mass is 438 g/mol. The van der Waals surface area contributed by atoms with Crippen LogP contribution in [0.3, 0.4) is 0 Å². The molecule has 1 rings (SSSR count). The summed E-state index contributed by atoms with van der Waals surface area (Å²) < 4.78 is 32.2. The van der Waals surface area contributed by atoms with E-state index in [1.165, 1.54) is 0 Å². The fourth-order valence-electron chi connectivity index (χ4n) is 2.83. The summed E-state index contributed by atoms with van der Waals surface area (Å²) >= 11 is 0. The van der Waals surface area contributed by atoms with Crippen LogP contribution in [0.15, 0.2) is 0 Å². The molecular weight excluding hydrogens is 397 g/mol. The van der Waals surface area contributed by atoms with Crippen molar-refractivity contribution in [2.45, 2.75) is 103 Å². The van der Waals surface area contributed by atoms with Crippen molar-refractivity contribution in [2.24, 2.45) is 0 Å². The van der Waals surface area contributed by atoms with Crippen LogP contribution in [0.25, 0.3) is 0 Å². The molecule has 0 aromatic heterocycles. The highest BCUT2D eigenvalue weighted by Gasteiger charge is 2.48. The zero-order chi connectivity index (χ0) is 20.6. The van der Waals surface area contributed by atoms with Crippen LogP contribution in [0.2, 0.25) is 78.6 Å². The maximum Gasteiger partial charge on any atom is 0.187 e. The maximum absolute atomic E-state index is 6.63. The lowest BCUT2D eigenvalue weighted by Gasteiger charge is -2.48. The van der Waals surface area contributed by atoms with E-state index < -0.39 is 33.3 Å². The molecule has 1 saturated heterocycles. The Bertz CT molecular complexity index is 406. The Morgan fingerprint density at radius 2 is 0.923 bits per heavy atom. The van der Waals surface area contributed by atoms with Crippen LogP contribution in [0.5, 0.6) is 0 Å². The van der Waals surface area contributed by atoms with Crippen molar-refractivity contribution in [3.63, 3.8) is 0 Å². The highest BCUT2D eigenvalue weighted by molar-refractivity contribution is 6.71. The Morgan fingerprint density at radius 3 is 1.31 bits per heavy atom. The Morgan fingerprint density at radius 1 is 0.538 bits per heavy atom. The second kappa shape index (κ2) is 8.58. The van der Waals surface area contributed by atoms with Gasteiger partial charge in [0.05, 0.1) is 12.7 Å². The Hall–Kier alpha value is 0.668. The van der Waals surface area contributed by atoms with E-state index in [0.29, 0.717) is 6.61 Å². The number of hydrogen-bond acceptors (Lipinski definition) is 5. The van der Waals surface area contributed by atoms with Gasteiger partial charge >= 0.3 is 0 Å². The summed E-state index contributed by atoms with van der Waals surface area (Å²) in [4.78, 5) is 0. The van der Waals surface area contributed by atoms with Crippen molar-refractivity contribution >= 4 is 33.3 Å². The lowest BCUT2D eigenvalue weighted by atomic mass is 10.1. The molecule has 1 fully saturated rings. The van der Waals surface area contributed by atoms with Gasteiger partial charge in [0.2, 0.25) is 0 Å². The SMILES string of the molecule is C[Si](C)(C)OC1C(O[Si](C)(C)C)[C@@H](O[Si](C)(C)C)CO[C@@H]1O[Si](C)(C)C. The van der Waals surface area contributed by atoms with E-state index in [-0.39, 0.29) is 24.6 Å². The summed E-state index contributed by atoms with van der Waals surface area (Å²) in [6.07, 6.45) is -0.863. The van der Waals surface area contributed by atoms with Gasteiger partial charge in [0.25, 0.3) is 0 Å². The van der Waals surface area contributed by atoms with E-state index in [1.807, 2.05) is 0 Å². The van der Waals surface area contributed by atoms with Gasteiger partial charge in [-0.05, 0) is 78.6 Å². The highest BCUT2D eigenvalue weighted by Crippen LogP contribution is 2.31. The average Bonchev–Trinajstić information content (AvgIpc) is 2.30. The van der Waals surface area contributed by atoms with Gasteiger partial charge in [-0.3, -0.25) is 0 Å². The molecule has 1 aliphatic rings. The standard InChI is InChI=1S/C17H42O5Si4/c1-23(2,3)19-14-13-18-17(22-26(10,11)12)16(21-25(7,8)9)15(14)20-24(4,5)6/h14-17H,13H2,1-12H3/t14-,15?,16?,17+/m0/s1. The molecule has 26 heavy (non-hydrogen) atoms. The molecule has 0 amide bonds. The number of hydrogen-bond donors (Lipinski definition) is 0. The number of ether oxygens (including phenoxy) is 1. The fraction of sp³-hybridized carbons (Fsp3) is 1.00. The van der Waals surface area contributed by atoms with E-state index in [9.17, 15) is 0 Å². The Labute approximate surface area is 165 Å². The van der Waals surface area contributed by atoms with Crippen molar-refractivity contribution in [3.05, 3.63) is 0 Å². The van der Waals surface area contributed by atoms with E-state index in [0.717, 1.165) is 0 Å². The van der Waals surface area contributed by atoms with Gasteiger partial charge in [-0.1, -0.05) is 0 Å². The molecule has 0 saturated carbocycles. The predicted octanol–water partition coefficient (Wildman–Crippen LogP) is 4.85. The average molecular weight is 439 g/mol. The highest BCUT2D eigenvalue weighted by atomic mass is 28.4. The van der Waals surface area contributed by atoms with Crippen molar-refractivity contribution in [3.8, 4) is 0 Å². The van der Waals surface area contributed by atoms with Crippen molar-refractivity contribution in [1.29, 1.82) is 0 Å². The molecule has 9 heteroatoms. The molecule has 0 aromatic carbocycles.